The molecule has 4 nitrogen and oxygen atoms in total. The Morgan fingerprint density at radius 3 is 2.76 bits per heavy atom. The minimum absolute atomic E-state index is 0.346. The van der Waals surface area contributed by atoms with Crippen molar-refractivity contribution in [2.24, 2.45) is 5.73 Å². The van der Waals surface area contributed by atoms with E-state index in [1.54, 1.807) is 7.11 Å². The number of hydrogen-bond donors (Lipinski definition) is 1. The highest BCUT2D eigenvalue weighted by molar-refractivity contribution is 7.80. The molecule has 0 aromatic carbocycles. The van der Waals surface area contributed by atoms with Crippen LogP contribution >= 0.6 is 12.2 Å². The fourth-order valence-electron chi connectivity index (χ4n) is 2.06. The van der Waals surface area contributed by atoms with Gasteiger partial charge in [0.25, 0.3) is 0 Å². The molecule has 1 saturated heterocycles. The van der Waals surface area contributed by atoms with Gasteiger partial charge in [-0.3, -0.25) is 0 Å². The van der Waals surface area contributed by atoms with Gasteiger partial charge < -0.3 is 15.4 Å². The van der Waals surface area contributed by atoms with Crippen LogP contribution < -0.4 is 10.6 Å². The Morgan fingerprint density at radius 1 is 1.47 bits per heavy atom. The second-order valence-corrected chi connectivity index (χ2v) is 4.61. The lowest BCUT2D eigenvalue weighted by molar-refractivity contribution is 0.0818. The average molecular weight is 251 g/mol. The zero-order valence-electron chi connectivity index (χ0n) is 9.93. The molecule has 2 heterocycles. The molecule has 1 aliphatic rings. The van der Waals surface area contributed by atoms with Gasteiger partial charge in [0, 0.05) is 20.2 Å². The largest absolute Gasteiger partial charge is 0.388 e. The van der Waals surface area contributed by atoms with Crippen molar-refractivity contribution in [3.05, 3.63) is 23.9 Å². The van der Waals surface area contributed by atoms with Crippen LogP contribution in [0.5, 0.6) is 0 Å². The summed E-state index contributed by atoms with van der Waals surface area (Å²) in [5.74, 6) is 0.949. The quantitative estimate of drug-likeness (QED) is 0.821. The summed E-state index contributed by atoms with van der Waals surface area (Å²) in [6, 6.07) is 5.78. The third-order valence-electron chi connectivity index (χ3n) is 3.09. The fourth-order valence-corrected chi connectivity index (χ4v) is 2.17. The Bertz CT molecular complexity index is 402. The first-order chi connectivity index (χ1) is 8.20. The molecule has 0 amide bonds. The number of ether oxygens (including phenoxy) is 1. The van der Waals surface area contributed by atoms with E-state index in [0.29, 0.717) is 16.8 Å². The molecule has 1 aromatic heterocycles. The molecule has 0 bridgehead atoms. The molecular formula is C12H17N3OS. The molecule has 0 atom stereocenters. The predicted molar refractivity (Wildman–Crippen MR) is 72.4 cm³/mol. The SMILES string of the molecule is COC1CCN(c2cccc(C(N)=S)n2)CC1. The molecule has 1 aromatic rings. The van der Waals surface area contributed by atoms with E-state index in [1.807, 2.05) is 18.2 Å². The summed E-state index contributed by atoms with van der Waals surface area (Å²) in [7, 11) is 1.77. The number of piperidine rings is 1. The van der Waals surface area contributed by atoms with Crippen LogP contribution in [0.2, 0.25) is 0 Å². The molecule has 0 radical (unpaired) electrons. The first kappa shape index (κ1) is 12.3. The van der Waals surface area contributed by atoms with Crippen LogP contribution in [0, 0.1) is 0 Å². The van der Waals surface area contributed by atoms with Crippen molar-refractivity contribution in [1.82, 2.24) is 4.98 Å². The minimum atomic E-state index is 0.346. The van der Waals surface area contributed by atoms with Crippen molar-refractivity contribution < 1.29 is 4.74 Å². The summed E-state index contributed by atoms with van der Waals surface area (Å²) in [5.41, 5.74) is 6.27. The third kappa shape index (κ3) is 2.92. The van der Waals surface area contributed by atoms with Crippen LogP contribution in [0.1, 0.15) is 18.5 Å². The van der Waals surface area contributed by atoms with E-state index in [9.17, 15) is 0 Å². The van der Waals surface area contributed by atoms with Crippen LogP contribution in [0.4, 0.5) is 5.82 Å². The zero-order chi connectivity index (χ0) is 12.3. The van der Waals surface area contributed by atoms with Gasteiger partial charge in [-0.1, -0.05) is 18.3 Å². The molecule has 5 heteroatoms. The van der Waals surface area contributed by atoms with Gasteiger partial charge in [0.15, 0.2) is 0 Å². The molecular weight excluding hydrogens is 234 g/mol. The van der Waals surface area contributed by atoms with Gasteiger partial charge in [0.1, 0.15) is 10.8 Å². The van der Waals surface area contributed by atoms with E-state index in [4.69, 9.17) is 22.7 Å². The summed E-state index contributed by atoms with van der Waals surface area (Å²) in [5, 5.41) is 0. The number of aromatic nitrogens is 1. The molecule has 1 fully saturated rings. The van der Waals surface area contributed by atoms with Gasteiger partial charge in [-0.25, -0.2) is 4.98 Å². The molecule has 0 saturated carbocycles. The topological polar surface area (TPSA) is 51.4 Å². The molecule has 2 rings (SSSR count). The van der Waals surface area contributed by atoms with Gasteiger partial charge >= 0.3 is 0 Å². The average Bonchev–Trinajstić information content (AvgIpc) is 2.39. The second kappa shape index (κ2) is 5.42. The van der Waals surface area contributed by atoms with Gasteiger partial charge in [-0.2, -0.15) is 0 Å². The van der Waals surface area contributed by atoms with Gasteiger partial charge in [-0.05, 0) is 25.0 Å². The fraction of sp³-hybridized carbons (Fsp3) is 0.500. The number of thiocarbonyl (C=S) groups is 1. The highest BCUT2D eigenvalue weighted by Gasteiger charge is 2.19. The Labute approximate surface area is 107 Å². The van der Waals surface area contributed by atoms with E-state index in [-0.39, 0.29) is 0 Å². The monoisotopic (exact) mass is 251 g/mol. The summed E-state index contributed by atoms with van der Waals surface area (Å²) in [6.45, 7) is 1.93. The van der Waals surface area contributed by atoms with E-state index in [0.717, 1.165) is 31.7 Å². The molecule has 0 aliphatic carbocycles. The van der Waals surface area contributed by atoms with Crippen molar-refractivity contribution in [3.8, 4) is 0 Å². The van der Waals surface area contributed by atoms with E-state index >= 15 is 0 Å². The molecule has 17 heavy (non-hydrogen) atoms. The molecule has 0 unspecified atom stereocenters. The Morgan fingerprint density at radius 2 is 2.18 bits per heavy atom. The summed E-state index contributed by atoms with van der Waals surface area (Å²) in [6.07, 6.45) is 2.45. The number of anilines is 1. The normalized spacial score (nSPS) is 17.1. The van der Waals surface area contributed by atoms with Crippen LogP contribution in [0.25, 0.3) is 0 Å². The number of nitrogens with zero attached hydrogens (tertiary/aromatic N) is 2. The number of nitrogens with two attached hydrogens (primary N) is 1. The van der Waals surface area contributed by atoms with Crippen LogP contribution in [-0.4, -0.2) is 36.3 Å². The second-order valence-electron chi connectivity index (χ2n) is 4.17. The number of rotatable bonds is 3. The van der Waals surface area contributed by atoms with Crippen LogP contribution in [-0.2, 0) is 4.74 Å². The minimum Gasteiger partial charge on any atom is -0.388 e. The highest BCUT2D eigenvalue weighted by atomic mass is 32.1. The van der Waals surface area contributed by atoms with Crippen molar-refractivity contribution in [2.45, 2.75) is 18.9 Å². The third-order valence-corrected chi connectivity index (χ3v) is 3.30. The van der Waals surface area contributed by atoms with Gasteiger partial charge in [0.2, 0.25) is 0 Å². The maximum absolute atomic E-state index is 5.59. The lowest BCUT2D eigenvalue weighted by atomic mass is 10.1. The van der Waals surface area contributed by atoms with E-state index < -0.39 is 0 Å². The van der Waals surface area contributed by atoms with Crippen molar-refractivity contribution in [2.75, 3.05) is 25.1 Å². The molecule has 2 N–H and O–H groups in total. The lowest BCUT2D eigenvalue weighted by Gasteiger charge is -2.32. The van der Waals surface area contributed by atoms with E-state index in [1.165, 1.54) is 0 Å². The van der Waals surface area contributed by atoms with Crippen molar-refractivity contribution >= 4 is 23.0 Å². The van der Waals surface area contributed by atoms with Crippen molar-refractivity contribution in [1.29, 1.82) is 0 Å². The van der Waals surface area contributed by atoms with Crippen molar-refractivity contribution in [3.63, 3.8) is 0 Å². The Balaban J connectivity index is 2.08. The number of methoxy groups -OCH3 is 1. The first-order valence-corrected chi connectivity index (χ1v) is 6.16. The van der Waals surface area contributed by atoms with Gasteiger partial charge in [0.05, 0.1) is 11.8 Å². The highest BCUT2D eigenvalue weighted by Crippen LogP contribution is 2.19. The van der Waals surface area contributed by atoms with Crippen LogP contribution in [0.15, 0.2) is 18.2 Å². The maximum Gasteiger partial charge on any atom is 0.129 e. The van der Waals surface area contributed by atoms with E-state index in [2.05, 4.69) is 9.88 Å². The first-order valence-electron chi connectivity index (χ1n) is 5.75. The Kier molecular flexibility index (Phi) is 3.91. The smallest absolute Gasteiger partial charge is 0.129 e. The number of hydrogen-bond acceptors (Lipinski definition) is 4. The summed E-state index contributed by atoms with van der Waals surface area (Å²) in [4.78, 5) is 7.06. The lowest BCUT2D eigenvalue weighted by Crippen LogP contribution is -2.37. The van der Waals surface area contributed by atoms with Crippen LogP contribution in [0.3, 0.4) is 0 Å². The number of pyridine rings is 1. The molecule has 0 spiro atoms. The zero-order valence-corrected chi connectivity index (χ0v) is 10.7. The summed E-state index contributed by atoms with van der Waals surface area (Å²) < 4.78 is 5.35. The predicted octanol–water partition coefficient (Wildman–Crippen LogP) is 1.33. The molecule has 1 aliphatic heterocycles. The standard InChI is InChI=1S/C12H17N3OS/c1-16-9-5-7-15(8-6-9)11-4-2-3-10(14-11)12(13)17/h2-4,9H,5-8H2,1H3,(H2,13,17). The maximum atomic E-state index is 5.59. The summed E-state index contributed by atoms with van der Waals surface area (Å²) >= 11 is 4.94. The van der Waals surface area contributed by atoms with Gasteiger partial charge in [-0.15, -0.1) is 0 Å². The molecule has 92 valence electrons. The Hall–Kier alpha value is -1.20.